The van der Waals surface area contributed by atoms with Crippen LogP contribution in [0.4, 0.5) is 0 Å². The number of rotatable bonds is 6. The minimum atomic E-state index is 0.570. The minimum Gasteiger partial charge on any atom is -0.455 e. The maximum absolute atomic E-state index is 6.38. The zero-order valence-electron chi connectivity index (χ0n) is 28.6. The molecule has 0 amide bonds. The Hall–Kier alpha value is -7.17. The topological polar surface area (TPSA) is 51.8 Å². The third-order valence-corrected chi connectivity index (χ3v) is 9.97. The Balaban J connectivity index is 1.04. The molecule has 0 aliphatic rings. The molecular formula is C49H31N3O. The number of aromatic nitrogens is 3. The van der Waals surface area contributed by atoms with Gasteiger partial charge in [0.1, 0.15) is 11.2 Å². The smallest absolute Gasteiger partial charge is 0.167 e. The predicted octanol–water partition coefficient (Wildman–Crippen LogP) is 12.9. The van der Waals surface area contributed by atoms with Crippen LogP contribution >= 0.6 is 0 Å². The lowest BCUT2D eigenvalue weighted by Gasteiger charge is -2.13. The highest BCUT2D eigenvalue weighted by atomic mass is 16.3. The number of hydrogen-bond acceptors (Lipinski definition) is 4. The van der Waals surface area contributed by atoms with Gasteiger partial charge in [-0.2, -0.15) is 0 Å². The minimum absolute atomic E-state index is 0.570. The van der Waals surface area contributed by atoms with Crippen molar-refractivity contribution in [2.45, 2.75) is 0 Å². The van der Waals surface area contributed by atoms with Crippen molar-refractivity contribution in [3.63, 3.8) is 0 Å². The van der Waals surface area contributed by atoms with E-state index in [0.29, 0.717) is 17.5 Å². The van der Waals surface area contributed by atoms with Gasteiger partial charge in [0.2, 0.25) is 0 Å². The van der Waals surface area contributed by atoms with Crippen molar-refractivity contribution in [3.05, 3.63) is 188 Å². The largest absolute Gasteiger partial charge is 0.455 e. The molecule has 53 heavy (non-hydrogen) atoms. The fraction of sp³-hybridized carbons (Fsp3) is 0. The molecule has 248 valence electrons. The van der Waals surface area contributed by atoms with E-state index < -0.39 is 0 Å². The lowest BCUT2D eigenvalue weighted by Crippen LogP contribution is -2.00. The van der Waals surface area contributed by atoms with Gasteiger partial charge in [-0.1, -0.05) is 170 Å². The summed E-state index contributed by atoms with van der Waals surface area (Å²) in [6, 6.07) is 65.4. The molecule has 10 aromatic rings. The van der Waals surface area contributed by atoms with E-state index in [2.05, 4.69) is 127 Å². The molecule has 8 aromatic carbocycles. The quantitative estimate of drug-likeness (QED) is 0.176. The number of fused-ring (bicyclic) bond motifs is 4. The van der Waals surface area contributed by atoms with Crippen LogP contribution in [0.3, 0.4) is 0 Å². The Morgan fingerprint density at radius 1 is 0.283 bits per heavy atom. The van der Waals surface area contributed by atoms with Crippen LogP contribution in [0.15, 0.2) is 192 Å². The average Bonchev–Trinajstić information content (AvgIpc) is 3.63. The molecular weight excluding hydrogens is 647 g/mol. The molecule has 0 aliphatic heterocycles. The fourth-order valence-electron chi connectivity index (χ4n) is 7.36. The van der Waals surface area contributed by atoms with Gasteiger partial charge in [-0.25, -0.2) is 15.0 Å². The molecule has 0 aliphatic carbocycles. The highest BCUT2D eigenvalue weighted by Crippen LogP contribution is 2.38. The van der Waals surface area contributed by atoms with E-state index in [0.717, 1.165) is 49.8 Å². The van der Waals surface area contributed by atoms with Gasteiger partial charge >= 0.3 is 0 Å². The predicted molar refractivity (Wildman–Crippen MR) is 217 cm³/mol. The van der Waals surface area contributed by atoms with Crippen molar-refractivity contribution in [3.8, 4) is 67.5 Å². The van der Waals surface area contributed by atoms with E-state index in [1.807, 2.05) is 60.7 Å². The summed E-state index contributed by atoms with van der Waals surface area (Å²) < 4.78 is 6.38. The van der Waals surface area contributed by atoms with Crippen molar-refractivity contribution in [2.75, 3.05) is 0 Å². The van der Waals surface area contributed by atoms with Crippen LogP contribution in [0.2, 0.25) is 0 Å². The lowest BCUT2D eigenvalue weighted by atomic mass is 9.91. The number of nitrogens with zero attached hydrogens (tertiary/aromatic N) is 3. The van der Waals surface area contributed by atoms with Crippen LogP contribution in [0, 0.1) is 0 Å². The van der Waals surface area contributed by atoms with Crippen molar-refractivity contribution in [1.29, 1.82) is 0 Å². The average molecular weight is 678 g/mol. The zero-order valence-corrected chi connectivity index (χ0v) is 28.6. The first-order chi connectivity index (χ1) is 26.3. The molecule has 0 spiro atoms. The van der Waals surface area contributed by atoms with Crippen LogP contribution in [-0.2, 0) is 0 Å². The summed E-state index contributed by atoms with van der Waals surface area (Å²) in [4.78, 5) is 15.0. The third kappa shape index (κ3) is 5.54. The summed E-state index contributed by atoms with van der Waals surface area (Å²) in [5.74, 6) is 1.79. The van der Waals surface area contributed by atoms with Crippen molar-refractivity contribution in [2.24, 2.45) is 0 Å². The number of hydrogen-bond donors (Lipinski definition) is 0. The van der Waals surface area contributed by atoms with Crippen LogP contribution in [0.1, 0.15) is 0 Å². The van der Waals surface area contributed by atoms with Crippen LogP contribution in [0.25, 0.3) is 100 Å². The van der Waals surface area contributed by atoms with E-state index in [4.69, 9.17) is 19.4 Å². The molecule has 0 unspecified atom stereocenters. The fourth-order valence-corrected chi connectivity index (χ4v) is 7.36. The summed E-state index contributed by atoms with van der Waals surface area (Å²) >= 11 is 0. The second-order valence-corrected chi connectivity index (χ2v) is 13.2. The van der Waals surface area contributed by atoms with Gasteiger partial charge in [0, 0.05) is 21.9 Å². The molecule has 2 heterocycles. The molecule has 0 fully saturated rings. The van der Waals surface area contributed by atoms with Gasteiger partial charge in [0.15, 0.2) is 17.5 Å². The Morgan fingerprint density at radius 2 is 0.774 bits per heavy atom. The molecule has 0 atom stereocenters. The Labute approximate surface area is 306 Å². The number of furan rings is 1. The molecule has 0 saturated carbocycles. The SMILES string of the molecule is c1ccc(-c2nc(-c3ccc(-c4cccc(-c5ccc(-c6ccccc6)c6ccccc56)c4)cc3)nc(-c3cccc4c3oc3ccccc34)n2)cc1. The zero-order chi connectivity index (χ0) is 35.1. The Bertz CT molecular complexity index is 2930. The number of benzene rings is 8. The standard InChI is InChI=1S/C49H31N3O/c1-3-13-33(14-4-1)38-29-30-39(41-20-8-7-19-40(38)41)37-18-11-17-36(31-37)32-25-27-35(28-26-32)48-50-47(34-15-5-2-6-16-34)51-49(52-48)44-23-12-22-43-42-21-9-10-24-45(42)53-46(43)44/h1-31H. The van der Waals surface area contributed by atoms with Gasteiger partial charge < -0.3 is 4.42 Å². The van der Waals surface area contributed by atoms with E-state index in [9.17, 15) is 0 Å². The van der Waals surface area contributed by atoms with Crippen LogP contribution in [-0.4, -0.2) is 15.0 Å². The molecule has 0 N–H and O–H groups in total. The van der Waals surface area contributed by atoms with Gasteiger partial charge in [-0.05, 0) is 62.4 Å². The highest BCUT2D eigenvalue weighted by Gasteiger charge is 2.18. The maximum Gasteiger partial charge on any atom is 0.167 e. The van der Waals surface area contributed by atoms with Gasteiger partial charge in [0.25, 0.3) is 0 Å². The van der Waals surface area contributed by atoms with E-state index in [1.54, 1.807) is 0 Å². The summed E-state index contributed by atoms with van der Waals surface area (Å²) in [6.07, 6.45) is 0. The number of para-hydroxylation sites is 2. The lowest BCUT2D eigenvalue weighted by molar-refractivity contribution is 0.669. The first-order valence-corrected chi connectivity index (χ1v) is 17.8. The Kier molecular flexibility index (Phi) is 7.43. The van der Waals surface area contributed by atoms with Crippen molar-refractivity contribution >= 4 is 32.7 Å². The highest BCUT2D eigenvalue weighted by molar-refractivity contribution is 6.09. The second kappa shape index (κ2) is 12.9. The summed E-state index contributed by atoms with van der Waals surface area (Å²) in [5.41, 5.74) is 11.4. The first kappa shape index (κ1) is 30.6. The molecule has 10 rings (SSSR count). The molecule has 0 radical (unpaired) electrons. The normalized spacial score (nSPS) is 11.4. The van der Waals surface area contributed by atoms with Crippen LogP contribution in [0.5, 0.6) is 0 Å². The van der Waals surface area contributed by atoms with Gasteiger partial charge in [-0.3, -0.25) is 0 Å². The van der Waals surface area contributed by atoms with Gasteiger partial charge in [0.05, 0.1) is 5.56 Å². The van der Waals surface area contributed by atoms with Gasteiger partial charge in [-0.15, -0.1) is 0 Å². The maximum atomic E-state index is 6.38. The molecule has 2 aromatic heterocycles. The van der Waals surface area contributed by atoms with E-state index in [-0.39, 0.29) is 0 Å². The van der Waals surface area contributed by atoms with Crippen LogP contribution < -0.4 is 0 Å². The third-order valence-electron chi connectivity index (χ3n) is 9.97. The second-order valence-electron chi connectivity index (χ2n) is 13.2. The molecule has 0 saturated heterocycles. The van der Waals surface area contributed by atoms with E-state index in [1.165, 1.54) is 33.0 Å². The molecule has 0 bridgehead atoms. The Morgan fingerprint density at radius 3 is 1.49 bits per heavy atom. The van der Waals surface area contributed by atoms with E-state index >= 15 is 0 Å². The summed E-state index contributed by atoms with van der Waals surface area (Å²) in [6.45, 7) is 0. The van der Waals surface area contributed by atoms with Crippen molar-refractivity contribution in [1.82, 2.24) is 15.0 Å². The first-order valence-electron chi connectivity index (χ1n) is 17.8. The van der Waals surface area contributed by atoms with Crippen molar-refractivity contribution < 1.29 is 4.42 Å². The monoisotopic (exact) mass is 677 g/mol. The molecule has 4 nitrogen and oxygen atoms in total. The summed E-state index contributed by atoms with van der Waals surface area (Å²) in [7, 11) is 0. The molecule has 4 heteroatoms. The summed E-state index contributed by atoms with van der Waals surface area (Å²) in [5, 5.41) is 4.58.